The number of hydrogen-bond donors (Lipinski definition) is 1. The fraction of sp³-hybridized carbons (Fsp3) is 0.462. The predicted octanol–water partition coefficient (Wildman–Crippen LogP) is 3.96. The van der Waals surface area contributed by atoms with Crippen molar-refractivity contribution in [1.82, 2.24) is 14.8 Å². The number of pyridine rings is 1. The zero-order valence-corrected chi connectivity index (χ0v) is 20.1. The third-order valence-corrected chi connectivity index (χ3v) is 7.71. The number of anilines is 1. The van der Waals surface area contributed by atoms with Crippen LogP contribution in [0.25, 0.3) is 0 Å². The molecular formula is C26H28ClN5O3. The van der Waals surface area contributed by atoms with Gasteiger partial charge in [0.2, 0.25) is 5.91 Å². The quantitative estimate of drug-likeness (QED) is 0.676. The monoisotopic (exact) mass is 493 g/mol. The molecule has 2 aliphatic heterocycles. The van der Waals surface area contributed by atoms with Gasteiger partial charge < -0.3 is 14.9 Å². The van der Waals surface area contributed by atoms with E-state index in [0.717, 1.165) is 50.2 Å². The van der Waals surface area contributed by atoms with E-state index in [1.54, 1.807) is 17.2 Å². The summed E-state index contributed by atoms with van der Waals surface area (Å²) < 4.78 is 0. The predicted molar refractivity (Wildman–Crippen MR) is 131 cm³/mol. The summed E-state index contributed by atoms with van der Waals surface area (Å²) in [5.41, 5.74) is 1.54. The van der Waals surface area contributed by atoms with Gasteiger partial charge in [-0.25, -0.2) is 9.78 Å². The Morgan fingerprint density at radius 1 is 1.06 bits per heavy atom. The second kappa shape index (κ2) is 9.74. The number of carbonyl (C=O) groups is 2. The lowest BCUT2D eigenvalue weighted by Crippen LogP contribution is -2.46. The van der Waals surface area contributed by atoms with E-state index in [-0.39, 0.29) is 29.8 Å². The number of likely N-dealkylation sites (tertiary alicyclic amines) is 1. The van der Waals surface area contributed by atoms with Gasteiger partial charge in [-0.1, -0.05) is 23.7 Å². The van der Waals surface area contributed by atoms with Crippen molar-refractivity contribution in [3.63, 3.8) is 0 Å². The molecule has 182 valence electrons. The van der Waals surface area contributed by atoms with E-state index >= 15 is 0 Å². The third kappa shape index (κ3) is 4.92. The fourth-order valence-electron chi connectivity index (χ4n) is 5.46. The van der Waals surface area contributed by atoms with Crippen LogP contribution in [0, 0.1) is 17.2 Å². The summed E-state index contributed by atoms with van der Waals surface area (Å²) in [5, 5.41) is 19.6. The minimum Gasteiger partial charge on any atom is -0.465 e. The van der Waals surface area contributed by atoms with Crippen molar-refractivity contribution in [3.05, 3.63) is 58.7 Å². The number of hydrogen-bond acceptors (Lipinski definition) is 5. The molecule has 1 aliphatic carbocycles. The molecule has 2 saturated heterocycles. The van der Waals surface area contributed by atoms with Crippen LogP contribution in [0.15, 0.2) is 42.6 Å². The minimum absolute atomic E-state index is 0.0468. The van der Waals surface area contributed by atoms with Gasteiger partial charge in [0.05, 0.1) is 11.6 Å². The first kappa shape index (κ1) is 23.4. The van der Waals surface area contributed by atoms with Gasteiger partial charge in [-0.15, -0.1) is 0 Å². The molecule has 1 aromatic carbocycles. The maximum atomic E-state index is 13.6. The van der Waals surface area contributed by atoms with Crippen LogP contribution in [0.4, 0.5) is 10.6 Å². The van der Waals surface area contributed by atoms with Gasteiger partial charge in [0.25, 0.3) is 0 Å². The lowest BCUT2D eigenvalue weighted by Gasteiger charge is -2.34. The Morgan fingerprint density at radius 3 is 2.34 bits per heavy atom. The molecule has 0 unspecified atom stereocenters. The lowest BCUT2D eigenvalue weighted by molar-refractivity contribution is -0.135. The SMILES string of the molecule is N#Cc1ccc(N2CCC(C(=O)N3C[C@H](c4ccc(Cl)cc4)[C@@H](N(C(=O)O)C4CC4)C3)CC2)nc1. The molecule has 3 heterocycles. The van der Waals surface area contributed by atoms with E-state index < -0.39 is 6.09 Å². The summed E-state index contributed by atoms with van der Waals surface area (Å²) in [5.74, 6) is 0.768. The summed E-state index contributed by atoms with van der Waals surface area (Å²) in [6, 6.07) is 13.0. The summed E-state index contributed by atoms with van der Waals surface area (Å²) >= 11 is 6.09. The molecule has 0 bridgehead atoms. The number of halogens is 1. The molecular weight excluding hydrogens is 466 g/mol. The standard InChI is InChI=1S/C26H28ClN5O3/c27-20-4-2-18(3-5-20)22-15-31(16-23(22)32(26(34)35)21-6-7-21)25(33)19-9-11-30(12-10-19)24-8-1-17(13-28)14-29-24/h1-5,8,14,19,21-23H,6-7,9-12,15-16H2,(H,34,35)/t22-,23+/m1/s1. The first-order chi connectivity index (χ1) is 16.9. The Bertz CT molecular complexity index is 1120. The number of rotatable bonds is 5. The third-order valence-electron chi connectivity index (χ3n) is 7.46. The molecule has 3 aliphatic rings. The molecule has 3 fully saturated rings. The number of piperidine rings is 1. The minimum atomic E-state index is -0.908. The first-order valence-corrected chi connectivity index (χ1v) is 12.5. The summed E-state index contributed by atoms with van der Waals surface area (Å²) in [6.45, 7) is 2.37. The number of aromatic nitrogens is 1. The maximum Gasteiger partial charge on any atom is 0.407 e. The molecule has 35 heavy (non-hydrogen) atoms. The highest BCUT2D eigenvalue weighted by Gasteiger charge is 2.47. The molecule has 1 aromatic heterocycles. The average molecular weight is 494 g/mol. The van der Waals surface area contributed by atoms with Crippen LogP contribution in [0.5, 0.6) is 0 Å². The Kier molecular flexibility index (Phi) is 6.52. The van der Waals surface area contributed by atoms with Crippen LogP contribution in [0.1, 0.15) is 42.7 Å². The van der Waals surface area contributed by atoms with Crippen LogP contribution in [0.3, 0.4) is 0 Å². The number of carbonyl (C=O) groups excluding carboxylic acids is 1. The Labute approximate surface area is 209 Å². The van der Waals surface area contributed by atoms with E-state index in [1.165, 1.54) is 0 Å². The molecule has 2 aromatic rings. The molecule has 5 rings (SSSR count). The van der Waals surface area contributed by atoms with Crippen molar-refractivity contribution in [1.29, 1.82) is 5.26 Å². The van der Waals surface area contributed by atoms with Crippen molar-refractivity contribution in [2.24, 2.45) is 5.92 Å². The normalized spacial score (nSPS) is 22.6. The number of carboxylic acid groups (broad SMARTS) is 1. The molecule has 0 spiro atoms. The van der Waals surface area contributed by atoms with Crippen LogP contribution in [0.2, 0.25) is 5.02 Å². The molecule has 0 radical (unpaired) electrons. The average Bonchev–Trinajstić information content (AvgIpc) is 3.62. The molecule has 1 saturated carbocycles. The Hall–Kier alpha value is -3.31. The second-order valence-corrected chi connectivity index (χ2v) is 10.1. The van der Waals surface area contributed by atoms with Gasteiger partial charge in [-0.2, -0.15) is 5.26 Å². The van der Waals surface area contributed by atoms with Gasteiger partial charge in [-0.3, -0.25) is 9.69 Å². The van der Waals surface area contributed by atoms with Crippen molar-refractivity contribution in [3.8, 4) is 6.07 Å². The van der Waals surface area contributed by atoms with E-state index in [4.69, 9.17) is 16.9 Å². The van der Waals surface area contributed by atoms with Crippen molar-refractivity contribution in [2.45, 2.75) is 43.7 Å². The highest BCUT2D eigenvalue weighted by Crippen LogP contribution is 2.39. The number of amides is 2. The van der Waals surface area contributed by atoms with Gasteiger partial charge in [0, 0.05) is 55.3 Å². The smallest absolute Gasteiger partial charge is 0.407 e. The van der Waals surface area contributed by atoms with Crippen molar-refractivity contribution in [2.75, 3.05) is 31.1 Å². The zero-order valence-electron chi connectivity index (χ0n) is 19.4. The largest absolute Gasteiger partial charge is 0.465 e. The highest BCUT2D eigenvalue weighted by atomic mass is 35.5. The molecule has 2 amide bonds. The van der Waals surface area contributed by atoms with E-state index in [1.807, 2.05) is 35.2 Å². The number of benzene rings is 1. The lowest BCUT2D eigenvalue weighted by atomic mass is 9.93. The Balaban J connectivity index is 1.28. The second-order valence-electron chi connectivity index (χ2n) is 9.67. The number of nitriles is 1. The summed E-state index contributed by atoms with van der Waals surface area (Å²) in [7, 11) is 0. The van der Waals surface area contributed by atoms with Crippen molar-refractivity contribution >= 4 is 29.4 Å². The topological polar surface area (TPSA) is 101 Å². The Morgan fingerprint density at radius 2 is 1.77 bits per heavy atom. The summed E-state index contributed by atoms with van der Waals surface area (Å²) in [6.07, 6.45) is 3.87. The molecule has 2 atom stereocenters. The van der Waals surface area contributed by atoms with Crippen molar-refractivity contribution < 1.29 is 14.7 Å². The van der Waals surface area contributed by atoms with Gasteiger partial charge >= 0.3 is 6.09 Å². The van der Waals surface area contributed by atoms with Crippen LogP contribution >= 0.6 is 11.6 Å². The van der Waals surface area contributed by atoms with Crippen LogP contribution in [-0.4, -0.2) is 70.2 Å². The summed E-state index contributed by atoms with van der Waals surface area (Å²) in [4.78, 5) is 35.7. The van der Waals surface area contributed by atoms with E-state index in [2.05, 4.69) is 16.0 Å². The van der Waals surface area contributed by atoms with E-state index in [0.29, 0.717) is 23.7 Å². The molecule has 9 heteroatoms. The molecule has 1 N–H and O–H groups in total. The zero-order chi connectivity index (χ0) is 24.5. The maximum absolute atomic E-state index is 13.6. The first-order valence-electron chi connectivity index (χ1n) is 12.1. The number of nitrogens with zero attached hydrogens (tertiary/aromatic N) is 5. The van der Waals surface area contributed by atoms with Gasteiger partial charge in [0.1, 0.15) is 11.9 Å². The van der Waals surface area contributed by atoms with Crippen LogP contribution in [-0.2, 0) is 4.79 Å². The fourth-order valence-corrected chi connectivity index (χ4v) is 5.59. The van der Waals surface area contributed by atoms with Crippen LogP contribution < -0.4 is 4.90 Å². The molecule has 8 nitrogen and oxygen atoms in total. The highest BCUT2D eigenvalue weighted by molar-refractivity contribution is 6.30. The van der Waals surface area contributed by atoms with E-state index in [9.17, 15) is 14.7 Å². The van der Waals surface area contributed by atoms with Gasteiger partial charge in [0.15, 0.2) is 0 Å². The van der Waals surface area contributed by atoms with Gasteiger partial charge in [-0.05, 0) is 55.5 Å².